The molecule has 1 aliphatic carbocycles. The molecule has 0 saturated carbocycles. The second-order valence-electron chi connectivity index (χ2n) is 12.6. The highest BCUT2D eigenvalue weighted by Crippen LogP contribution is 2.49. The van der Waals surface area contributed by atoms with Gasteiger partial charge in [-0.1, -0.05) is 154 Å². The zero-order chi connectivity index (χ0) is 32.4. The first-order valence-electron chi connectivity index (χ1n) is 16.3. The van der Waals surface area contributed by atoms with Crippen LogP contribution in [0.5, 0.6) is 0 Å². The van der Waals surface area contributed by atoms with E-state index < -0.39 is 0 Å². The molecule has 6 aromatic rings. The maximum absolute atomic E-state index is 4.18. The number of hydrogen-bond acceptors (Lipinski definition) is 1. The molecule has 6 aromatic carbocycles. The number of benzene rings is 6. The number of rotatable bonds is 8. The van der Waals surface area contributed by atoms with Crippen molar-refractivity contribution in [3.05, 3.63) is 193 Å². The second kappa shape index (κ2) is 12.6. The van der Waals surface area contributed by atoms with Crippen LogP contribution in [-0.4, -0.2) is 0 Å². The Labute approximate surface area is 279 Å². The molecule has 7 rings (SSSR count). The smallest absolute Gasteiger partial charge is 0.0540 e. The van der Waals surface area contributed by atoms with Crippen molar-refractivity contribution in [3.8, 4) is 33.4 Å². The van der Waals surface area contributed by atoms with Crippen molar-refractivity contribution in [1.82, 2.24) is 0 Å². The molecule has 228 valence electrons. The summed E-state index contributed by atoms with van der Waals surface area (Å²) in [6.07, 6.45) is 6.37. The van der Waals surface area contributed by atoms with Gasteiger partial charge in [0.05, 0.1) is 5.69 Å². The molecule has 0 bridgehead atoms. The Morgan fingerprint density at radius 2 is 1.09 bits per heavy atom. The average Bonchev–Trinajstić information content (AvgIpc) is 3.34. The molecule has 0 atom stereocenters. The molecule has 0 saturated heterocycles. The summed E-state index contributed by atoms with van der Waals surface area (Å²) in [7, 11) is 0. The fraction of sp³-hybridized carbons (Fsp3) is 0.0870. The predicted octanol–water partition coefficient (Wildman–Crippen LogP) is 13.0. The van der Waals surface area contributed by atoms with Crippen molar-refractivity contribution >= 4 is 22.6 Å². The number of hydrogen-bond donors (Lipinski definition) is 0. The largest absolute Gasteiger partial charge is 0.310 e. The highest BCUT2D eigenvalue weighted by Gasteiger charge is 2.35. The van der Waals surface area contributed by atoms with Gasteiger partial charge in [-0.25, -0.2) is 0 Å². The van der Waals surface area contributed by atoms with Crippen LogP contribution in [0.2, 0.25) is 0 Å². The second-order valence-corrected chi connectivity index (χ2v) is 12.6. The van der Waals surface area contributed by atoms with E-state index in [0.29, 0.717) is 0 Å². The first-order chi connectivity index (χ1) is 23.0. The third-order valence-electron chi connectivity index (χ3n) is 9.36. The van der Waals surface area contributed by atoms with Crippen LogP contribution in [0.15, 0.2) is 182 Å². The third-order valence-corrected chi connectivity index (χ3v) is 9.36. The molecule has 0 unspecified atom stereocenters. The minimum atomic E-state index is -0.127. The van der Waals surface area contributed by atoms with E-state index in [1.807, 2.05) is 6.08 Å². The van der Waals surface area contributed by atoms with Gasteiger partial charge in [-0.3, -0.25) is 0 Å². The molecule has 0 heterocycles. The Hall–Kier alpha value is -5.66. The molecule has 1 heteroatoms. The van der Waals surface area contributed by atoms with Crippen LogP contribution in [0, 0.1) is 0 Å². The molecule has 0 fully saturated rings. The van der Waals surface area contributed by atoms with Gasteiger partial charge in [0.25, 0.3) is 0 Å². The molecule has 0 aromatic heterocycles. The highest BCUT2D eigenvalue weighted by atomic mass is 15.1. The van der Waals surface area contributed by atoms with Gasteiger partial charge in [0.1, 0.15) is 0 Å². The molecule has 0 aliphatic heterocycles. The van der Waals surface area contributed by atoms with E-state index in [-0.39, 0.29) is 5.41 Å². The third kappa shape index (κ3) is 5.55. The lowest BCUT2D eigenvalue weighted by atomic mass is 9.80. The van der Waals surface area contributed by atoms with Crippen LogP contribution in [0.25, 0.3) is 39.0 Å². The zero-order valence-corrected chi connectivity index (χ0v) is 27.3. The molecule has 1 nitrogen and oxygen atoms in total. The van der Waals surface area contributed by atoms with Gasteiger partial charge in [-0.15, -0.1) is 0 Å². The maximum Gasteiger partial charge on any atom is 0.0540 e. The average molecular weight is 606 g/mol. The van der Waals surface area contributed by atoms with Gasteiger partial charge in [0.15, 0.2) is 0 Å². The van der Waals surface area contributed by atoms with Crippen molar-refractivity contribution < 1.29 is 0 Å². The Kier molecular flexibility index (Phi) is 8.06. The van der Waals surface area contributed by atoms with Gasteiger partial charge in [0, 0.05) is 22.4 Å². The number of allylic oxidation sites excluding steroid dienone is 5. The summed E-state index contributed by atoms with van der Waals surface area (Å²) in [5, 5.41) is 0. The molecule has 0 spiro atoms. The first kappa shape index (κ1) is 30.0. The first-order valence-corrected chi connectivity index (χ1v) is 16.3. The monoisotopic (exact) mass is 605 g/mol. The van der Waals surface area contributed by atoms with Crippen LogP contribution in [-0.2, 0) is 5.41 Å². The molecule has 0 amide bonds. The van der Waals surface area contributed by atoms with E-state index >= 15 is 0 Å². The Balaban J connectivity index is 1.39. The van der Waals surface area contributed by atoms with E-state index in [1.54, 1.807) is 0 Å². The Bertz CT molecular complexity index is 2130. The fourth-order valence-electron chi connectivity index (χ4n) is 7.05. The summed E-state index contributed by atoms with van der Waals surface area (Å²) >= 11 is 0. The Morgan fingerprint density at radius 3 is 1.72 bits per heavy atom. The molecule has 0 N–H and O–H groups in total. The summed E-state index contributed by atoms with van der Waals surface area (Å²) in [6, 6.07) is 54.7. The topological polar surface area (TPSA) is 3.24 Å². The number of fused-ring (bicyclic) bond motifs is 1. The number of para-hydroxylation sites is 1. The van der Waals surface area contributed by atoms with Crippen LogP contribution in [0.3, 0.4) is 0 Å². The van der Waals surface area contributed by atoms with Gasteiger partial charge in [0.2, 0.25) is 0 Å². The van der Waals surface area contributed by atoms with Crippen molar-refractivity contribution in [3.63, 3.8) is 0 Å². The molecular formula is C46H39N. The van der Waals surface area contributed by atoms with Crippen LogP contribution in [0.4, 0.5) is 17.1 Å². The van der Waals surface area contributed by atoms with E-state index in [1.165, 1.54) is 55.7 Å². The maximum atomic E-state index is 4.18. The highest BCUT2D eigenvalue weighted by molar-refractivity contribution is 5.91. The van der Waals surface area contributed by atoms with Crippen molar-refractivity contribution in [2.45, 2.75) is 26.2 Å². The standard InChI is InChI=1S/C46H39N/c1-5-17-41-42-29-28-37(32-44(42)46(3,4)43(41)6-2)36-23-16-25-39(31-36)47(38-24-15-22-35(30-38)33-18-9-7-10-19-33)45-27-14-13-26-40(45)34-20-11-8-12-21-34/h5-32H,2H2,1,3-4H3. The lowest BCUT2D eigenvalue weighted by Crippen LogP contribution is -2.16. The minimum absolute atomic E-state index is 0.127. The quantitative estimate of drug-likeness (QED) is 0.167. The van der Waals surface area contributed by atoms with Crippen molar-refractivity contribution in [2.75, 3.05) is 4.90 Å². The van der Waals surface area contributed by atoms with E-state index in [0.717, 1.165) is 17.1 Å². The van der Waals surface area contributed by atoms with E-state index in [9.17, 15) is 0 Å². The minimum Gasteiger partial charge on any atom is -0.310 e. The zero-order valence-electron chi connectivity index (χ0n) is 27.3. The summed E-state index contributed by atoms with van der Waals surface area (Å²) in [4.78, 5) is 2.40. The molecule has 47 heavy (non-hydrogen) atoms. The summed E-state index contributed by atoms with van der Waals surface area (Å²) < 4.78 is 0. The van der Waals surface area contributed by atoms with Gasteiger partial charge >= 0.3 is 0 Å². The van der Waals surface area contributed by atoms with E-state index in [4.69, 9.17) is 0 Å². The van der Waals surface area contributed by atoms with Crippen LogP contribution < -0.4 is 4.90 Å². The normalized spacial score (nSPS) is 13.5. The molecular weight excluding hydrogens is 567 g/mol. The van der Waals surface area contributed by atoms with Gasteiger partial charge < -0.3 is 4.90 Å². The lowest BCUT2D eigenvalue weighted by Gasteiger charge is -2.29. The van der Waals surface area contributed by atoms with E-state index in [2.05, 4.69) is 196 Å². The van der Waals surface area contributed by atoms with Crippen LogP contribution >= 0.6 is 0 Å². The van der Waals surface area contributed by atoms with Crippen LogP contribution in [0.1, 0.15) is 31.9 Å². The number of nitrogens with zero attached hydrogens (tertiary/aromatic N) is 1. The molecule has 1 aliphatic rings. The summed E-state index contributed by atoms with van der Waals surface area (Å²) in [5.41, 5.74) is 15.5. The van der Waals surface area contributed by atoms with Gasteiger partial charge in [-0.2, -0.15) is 0 Å². The van der Waals surface area contributed by atoms with Gasteiger partial charge in [-0.05, 0) is 93.4 Å². The predicted molar refractivity (Wildman–Crippen MR) is 202 cm³/mol. The van der Waals surface area contributed by atoms with Crippen molar-refractivity contribution in [2.24, 2.45) is 0 Å². The SMILES string of the molecule is C=CC1=C(C=CC)c2ccc(-c3cccc(N(c4cccc(-c5ccccc5)c4)c4ccccc4-c4ccccc4)c3)cc2C1(C)C. The lowest BCUT2D eigenvalue weighted by molar-refractivity contribution is 0.655. The number of anilines is 3. The Morgan fingerprint density at radius 1 is 0.532 bits per heavy atom. The fourth-order valence-corrected chi connectivity index (χ4v) is 7.05. The summed E-state index contributed by atoms with van der Waals surface area (Å²) in [5.74, 6) is 0. The van der Waals surface area contributed by atoms with Crippen molar-refractivity contribution in [1.29, 1.82) is 0 Å². The summed E-state index contributed by atoms with van der Waals surface area (Å²) in [6.45, 7) is 10.9. The molecule has 0 radical (unpaired) electrons.